The summed E-state index contributed by atoms with van der Waals surface area (Å²) >= 11 is 0. The lowest BCUT2D eigenvalue weighted by atomic mass is 9.86. The Hall–Kier alpha value is -1.15. The molecular formula is C16H28N2O5S. The fourth-order valence-electron chi connectivity index (χ4n) is 3.82. The number of likely N-dealkylation sites (tertiary alicyclic amines) is 1. The SMILES string of the molecule is CCS(=O)(=O)N[C@@H](C(=O)N1C[C@H]2[C@@H]([C@H]1C(=O)O)C2(C)C)C(C)(C)C. The minimum atomic E-state index is -3.58. The lowest BCUT2D eigenvalue weighted by molar-refractivity contribution is -0.152. The summed E-state index contributed by atoms with van der Waals surface area (Å²) in [6.07, 6.45) is 0. The number of carboxylic acid groups (broad SMARTS) is 1. The normalized spacial score (nSPS) is 29.9. The third-order valence-corrected chi connectivity index (χ3v) is 6.89. The molecular weight excluding hydrogens is 332 g/mol. The van der Waals surface area contributed by atoms with Crippen LogP contribution in [0.1, 0.15) is 41.5 Å². The summed E-state index contributed by atoms with van der Waals surface area (Å²) in [7, 11) is -3.58. The molecule has 1 heterocycles. The number of piperidine rings is 1. The number of carboxylic acids is 1. The molecule has 24 heavy (non-hydrogen) atoms. The number of nitrogens with one attached hydrogen (secondary N) is 1. The van der Waals surface area contributed by atoms with Crippen LogP contribution in [0.25, 0.3) is 0 Å². The molecule has 8 heteroatoms. The van der Waals surface area contributed by atoms with Crippen molar-refractivity contribution in [3.05, 3.63) is 0 Å². The highest BCUT2D eigenvalue weighted by Gasteiger charge is 2.70. The number of aliphatic carboxylic acids is 1. The van der Waals surface area contributed by atoms with Gasteiger partial charge in [-0.2, -0.15) is 0 Å². The van der Waals surface area contributed by atoms with Gasteiger partial charge in [-0.15, -0.1) is 0 Å². The average Bonchev–Trinajstić information content (AvgIpc) is 2.82. The Labute approximate surface area is 143 Å². The summed E-state index contributed by atoms with van der Waals surface area (Å²) in [5.74, 6) is -1.51. The summed E-state index contributed by atoms with van der Waals surface area (Å²) < 4.78 is 26.4. The zero-order valence-corrected chi connectivity index (χ0v) is 16.0. The largest absolute Gasteiger partial charge is 0.480 e. The van der Waals surface area contributed by atoms with Crippen molar-refractivity contribution in [2.45, 2.75) is 53.6 Å². The van der Waals surface area contributed by atoms with E-state index >= 15 is 0 Å². The average molecular weight is 360 g/mol. The van der Waals surface area contributed by atoms with E-state index < -0.39 is 39.4 Å². The van der Waals surface area contributed by atoms with Gasteiger partial charge in [0.1, 0.15) is 12.1 Å². The minimum absolute atomic E-state index is 0.0673. The van der Waals surface area contributed by atoms with E-state index in [0.717, 1.165) is 0 Å². The molecule has 0 unspecified atom stereocenters. The molecule has 1 saturated heterocycles. The number of nitrogens with zero attached hydrogens (tertiary/aromatic N) is 1. The predicted octanol–water partition coefficient (Wildman–Crippen LogP) is 0.908. The zero-order chi connectivity index (χ0) is 18.7. The van der Waals surface area contributed by atoms with Crippen LogP contribution in [0.2, 0.25) is 0 Å². The highest BCUT2D eigenvalue weighted by molar-refractivity contribution is 7.89. The number of carbonyl (C=O) groups is 2. The lowest BCUT2D eigenvalue weighted by Gasteiger charge is -2.36. The van der Waals surface area contributed by atoms with Crippen molar-refractivity contribution >= 4 is 21.9 Å². The number of amides is 1. The van der Waals surface area contributed by atoms with E-state index in [1.165, 1.54) is 11.8 Å². The van der Waals surface area contributed by atoms with Crippen molar-refractivity contribution in [1.29, 1.82) is 0 Å². The van der Waals surface area contributed by atoms with E-state index in [1.807, 2.05) is 13.8 Å². The summed E-state index contributed by atoms with van der Waals surface area (Å²) in [5.41, 5.74) is -0.745. The lowest BCUT2D eigenvalue weighted by Crippen LogP contribution is -2.58. The minimum Gasteiger partial charge on any atom is -0.480 e. The summed E-state index contributed by atoms with van der Waals surface area (Å²) in [6, 6.07) is -1.86. The van der Waals surface area contributed by atoms with Crippen LogP contribution in [-0.4, -0.2) is 54.7 Å². The molecule has 0 aromatic heterocycles. The Morgan fingerprint density at radius 2 is 1.88 bits per heavy atom. The molecule has 0 bridgehead atoms. The van der Waals surface area contributed by atoms with Crippen LogP contribution < -0.4 is 4.72 Å². The highest BCUT2D eigenvalue weighted by Crippen LogP contribution is 2.65. The van der Waals surface area contributed by atoms with Gasteiger partial charge < -0.3 is 10.0 Å². The van der Waals surface area contributed by atoms with Gasteiger partial charge in [0.15, 0.2) is 0 Å². The number of carbonyl (C=O) groups excluding carboxylic acids is 1. The Morgan fingerprint density at radius 1 is 1.33 bits per heavy atom. The standard InChI is InChI=1S/C16H28N2O5S/c1-7-24(22,23)17-12(15(2,3)4)13(19)18-8-9-10(16(9,5)6)11(18)14(20)21/h9-12,17H,7-8H2,1-6H3,(H,20,21)/t9-,10-,11-,12-/m0/s1. The van der Waals surface area contributed by atoms with Gasteiger partial charge in [-0.25, -0.2) is 17.9 Å². The molecule has 0 radical (unpaired) electrons. The maximum absolute atomic E-state index is 13.0. The van der Waals surface area contributed by atoms with E-state index in [9.17, 15) is 23.1 Å². The van der Waals surface area contributed by atoms with Gasteiger partial charge >= 0.3 is 5.97 Å². The molecule has 2 N–H and O–H groups in total. The third-order valence-electron chi connectivity index (χ3n) is 5.54. The van der Waals surface area contributed by atoms with E-state index in [2.05, 4.69) is 4.72 Å². The van der Waals surface area contributed by atoms with Gasteiger partial charge in [0.25, 0.3) is 0 Å². The fourth-order valence-corrected chi connectivity index (χ4v) is 4.80. The Bertz CT molecular complexity index is 650. The van der Waals surface area contributed by atoms with Gasteiger partial charge in [0.2, 0.25) is 15.9 Å². The first-order valence-electron chi connectivity index (χ1n) is 8.27. The van der Waals surface area contributed by atoms with Crippen molar-refractivity contribution in [1.82, 2.24) is 9.62 Å². The molecule has 0 spiro atoms. The van der Waals surface area contributed by atoms with Crippen LogP contribution >= 0.6 is 0 Å². The van der Waals surface area contributed by atoms with Gasteiger partial charge in [-0.3, -0.25) is 4.79 Å². The fraction of sp³-hybridized carbons (Fsp3) is 0.875. The second-order valence-electron chi connectivity index (χ2n) is 8.55. The van der Waals surface area contributed by atoms with Crippen molar-refractivity contribution in [3.8, 4) is 0 Å². The first-order valence-corrected chi connectivity index (χ1v) is 9.92. The Morgan fingerprint density at radius 3 is 2.29 bits per heavy atom. The van der Waals surface area contributed by atoms with Gasteiger partial charge in [0.05, 0.1) is 5.75 Å². The van der Waals surface area contributed by atoms with Crippen LogP contribution in [0.15, 0.2) is 0 Å². The van der Waals surface area contributed by atoms with Crippen molar-refractivity contribution in [3.63, 3.8) is 0 Å². The quantitative estimate of drug-likeness (QED) is 0.758. The van der Waals surface area contributed by atoms with Gasteiger partial charge in [0, 0.05) is 12.5 Å². The molecule has 2 fully saturated rings. The van der Waals surface area contributed by atoms with E-state index in [-0.39, 0.29) is 23.0 Å². The number of fused-ring (bicyclic) bond motifs is 1. The van der Waals surface area contributed by atoms with E-state index in [4.69, 9.17) is 0 Å². The van der Waals surface area contributed by atoms with Crippen LogP contribution in [0, 0.1) is 22.7 Å². The van der Waals surface area contributed by atoms with E-state index in [0.29, 0.717) is 6.54 Å². The van der Waals surface area contributed by atoms with E-state index in [1.54, 1.807) is 20.8 Å². The maximum Gasteiger partial charge on any atom is 0.326 e. The number of sulfonamides is 1. The van der Waals surface area contributed by atoms with Crippen molar-refractivity contribution in [2.24, 2.45) is 22.7 Å². The molecule has 4 atom stereocenters. The maximum atomic E-state index is 13.0. The molecule has 1 aliphatic heterocycles. The van der Waals surface area contributed by atoms with Crippen LogP contribution in [0.3, 0.4) is 0 Å². The number of hydrogen-bond donors (Lipinski definition) is 2. The molecule has 2 rings (SSSR count). The highest BCUT2D eigenvalue weighted by atomic mass is 32.2. The van der Waals surface area contributed by atoms with Crippen LogP contribution in [0.4, 0.5) is 0 Å². The second-order valence-corrected chi connectivity index (χ2v) is 10.6. The smallest absolute Gasteiger partial charge is 0.326 e. The number of rotatable bonds is 5. The van der Waals surface area contributed by atoms with Crippen LogP contribution in [-0.2, 0) is 19.6 Å². The summed E-state index contributed by atoms with van der Waals surface area (Å²) in [5, 5.41) is 9.59. The molecule has 7 nitrogen and oxygen atoms in total. The van der Waals surface area contributed by atoms with Crippen molar-refractivity contribution < 1.29 is 23.1 Å². The van der Waals surface area contributed by atoms with Crippen molar-refractivity contribution in [2.75, 3.05) is 12.3 Å². The Kier molecular flexibility index (Phi) is 4.55. The molecule has 0 aromatic rings. The predicted molar refractivity (Wildman–Crippen MR) is 89.7 cm³/mol. The molecule has 138 valence electrons. The second kappa shape index (κ2) is 5.69. The first kappa shape index (κ1) is 19.2. The van der Waals surface area contributed by atoms with Gasteiger partial charge in [-0.1, -0.05) is 34.6 Å². The summed E-state index contributed by atoms with van der Waals surface area (Å²) in [4.78, 5) is 26.1. The number of hydrogen-bond acceptors (Lipinski definition) is 4. The third kappa shape index (κ3) is 3.18. The monoisotopic (exact) mass is 360 g/mol. The Balaban J connectivity index is 2.29. The molecule has 2 aliphatic rings. The zero-order valence-electron chi connectivity index (χ0n) is 15.2. The topological polar surface area (TPSA) is 104 Å². The molecule has 1 aliphatic carbocycles. The molecule has 1 amide bonds. The van der Waals surface area contributed by atoms with Gasteiger partial charge in [-0.05, 0) is 23.7 Å². The summed E-state index contributed by atoms with van der Waals surface area (Å²) in [6.45, 7) is 11.2. The first-order chi connectivity index (χ1) is 10.7. The molecule has 1 saturated carbocycles. The van der Waals surface area contributed by atoms with Crippen LogP contribution in [0.5, 0.6) is 0 Å². The molecule has 0 aromatic carbocycles.